The minimum atomic E-state index is -0.696. The topological polar surface area (TPSA) is 20.2 Å². The van der Waals surface area contributed by atoms with E-state index in [0.29, 0.717) is 5.92 Å². The molecular weight excluding hydrogens is 376 g/mol. The molecule has 2 aromatic carbocycles. The quantitative estimate of drug-likeness (QED) is 0.536. The van der Waals surface area contributed by atoms with Crippen LogP contribution in [0.4, 0.5) is 0 Å². The van der Waals surface area contributed by atoms with Gasteiger partial charge in [-0.3, -0.25) is 0 Å². The Hall–Kier alpha value is -1.31. The number of benzene rings is 2. The smallest absolute Gasteiger partial charge is 0.0897 e. The third-order valence-electron chi connectivity index (χ3n) is 7.62. The number of hydrogen-bond acceptors (Lipinski definition) is 1. The minimum Gasteiger partial charge on any atom is -0.385 e. The zero-order chi connectivity index (χ0) is 20.3. The Morgan fingerprint density at radius 1 is 0.862 bits per heavy atom. The molecule has 2 aromatic rings. The van der Waals surface area contributed by atoms with Crippen LogP contribution in [0.25, 0.3) is 0 Å². The highest BCUT2D eigenvalue weighted by Gasteiger charge is 2.35. The van der Waals surface area contributed by atoms with E-state index in [-0.39, 0.29) is 0 Å². The van der Waals surface area contributed by atoms with E-state index in [0.717, 1.165) is 48.1 Å². The van der Waals surface area contributed by atoms with Gasteiger partial charge in [0.05, 0.1) is 5.60 Å². The Bertz CT molecular complexity index is 763. The molecule has 1 nitrogen and oxygen atoms in total. The Morgan fingerprint density at radius 3 is 2.10 bits per heavy atom. The lowest BCUT2D eigenvalue weighted by atomic mass is 9.73. The highest BCUT2D eigenvalue weighted by atomic mass is 35.5. The first-order valence-electron chi connectivity index (χ1n) is 11.6. The van der Waals surface area contributed by atoms with Gasteiger partial charge < -0.3 is 5.11 Å². The van der Waals surface area contributed by atoms with Crippen molar-refractivity contribution in [2.45, 2.75) is 82.7 Å². The first-order valence-corrected chi connectivity index (χ1v) is 12.0. The van der Waals surface area contributed by atoms with Crippen LogP contribution in [0, 0.1) is 11.8 Å². The van der Waals surface area contributed by atoms with Crippen molar-refractivity contribution in [3.63, 3.8) is 0 Å². The van der Waals surface area contributed by atoms with E-state index in [9.17, 15) is 5.11 Å². The van der Waals surface area contributed by atoms with Gasteiger partial charge in [0.1, 0.15) is 0 Å². The molecule has 1 N–H and O–H groups in total. The molecular formula is C27H35ClO. The van der Waals surface area contributed by atoms with Crippen LogP contribution >= 0.6 is 11.6 Å². The summed E-state index contributed by atoms with van der Waals surface area (Å²) in [4.78, 5) is 0. The van der Waals surface area contributed by atoms with Crippen LogP contribution in [-0.4, -0.2) is 5.11 Å². The van der Waals surface area contributed by atoms with Crippen molar-refractivity contribution in [2.24, 2.45) is 11.8 Å². The SMILES string of the molecule is CC1CCC(CCc2ccc(C3CCC(O)(c4ccc(Cl)cc4)CC3)cc2)CC1. The van der Waals surface area contributed by atoms with Crippen molar-refractivity contribution >= 4 is 11.6 Å². The van der Waals surface area contributed by atoms with E-state index < -0.39 is 5.60 Å². The van der Waals surface area contributed by atoms with Gasteiger partial charge in [-0.25, -0.2) is 0 Å². The monoisotopic (exact) mass is 410 g/mol. The molecule has 0 amide bonds. The average molecular weight is 411 g/mol. The largest absolute Gasteiger partial charge is 0.385 e. The van der Waals surface area contributed by atoms with Crippen molar-refractivity contribution in [3.8, 4) is 0 Å². The summed E-state index contributed by atoms with van der Waals surface area (Å²) in [7, 11) is 0. The Labute approximate surface area is 181 Å². The zero-order valence-electron chi connectivity index (χ0n) is 17.7. The van der Waals surface area contributed by atoms with Gasteiger partial charge in [0.15, 0.2) is 0 Å². The summed E-state index contributed by atoms with van der Waals surface area (Å²) in [5, 5.41) is 11.8. The van der Waals surface area contributed by atoms with Crippen LogP contribution in [0.5, 0.6) is 0 Å². The van der Waals surface area contributed by atoms with Crippen LogP contribution in [0.15, 0.2) is 48.5 Å². The summed E-state index contributed by atoms with van der Waals surface area (Å²) in [6, 6.07) is 17.1. The molecule has 2 aliphatic rings. The first kappa shape index (κ1) is 20.9. The first-order chi connectivity index (χ1) is 14.0. The Kier molecular flexibility index (Phi) is 6.66. The van der Waals surface area contributed by atoms with Crippen molar-refractivity contribution in [1.82, 2.24) is 0 Å². The van der Waals surface area contributed by atoms with E-state index in [4.69, 9.17) is 11.6 Å². The molecule has 156 valence electrons. The van der Waals surface area contributed by atoms with Crippen LogP contribution in [0.1, 0.15) is 87.3 Å². The van der Waals surface area contributed by atoms with Gasteiger partial charge in [-0.15, -0.1) is 0 Å². The minimum absolute atomic E-state index is 0.566. The van der Waals surface area contributed by atoms with Crippen molar-refractivity contribution < 1.29 is 5.11 Å². The molecule has 29 heavy (non-hydrogen) atoms. The second-order valence-electron chi connectivity index (χ2n) is 9.72. The van der Waals surface area contributed by atoms with Crippen LogP contribution < -0.4 is 0 Å². The van der Waals surface area contributed by atoms with Gasteiger partial charge in [0, 0.05) is 5.02 Å². The van der Waals surface area contributed by atoms with Crippen molar-refractivity contribution in [1.29, 1.82) is 0 Å². The van der Waals surface area contributed by atoms with Crippen LogP contribution in [-0.2, 0) is 12.0 Å². The van der Waals surface area contributed by atoms with E-state index in [1.54, 1.807) is 0 Å². The summed E-state index contributed by atoms with van der Waals surface area (Å²) < 4.78 is 0. The second-order valence-corrected chi connectivity index (χ2v) is 10.2. The van der Waals surface area contributed by atoms with E-state index >= 15 is 0 Å². The summed E-state index contributed by atoms with van der Waals surface area (Å²) in [5.41, 5.74) is 3.24. The predicted molar refractivity (Wildman–Crippen MR) is 122 cm³/mol. The third-order valence-corrected chi connectivity index (χ3v) is 7.87. The number of hydrogen-bond donors (Lipinski definition) is 1. The Balaban J connectivity index is 1.29. The van der Waals surface area contributed by atoms with Gasteiger partial charge >= 0.3 is 0 Å². The molecule has 0 radical (unpaired) electrons. The number of rotatable bonds is 5. The molecule has 0 aliphatic heterocycles. The molecule has 2 fully saturated rings. The average Bonchev–Trinajstić information content (AvgIpc) is 2.75. The highest BCUT2D eigenvalue weighted by molar-refractivity contribution is 6.30. The second kappa shape index (κ2) is 9.23. The van der Waals surface area contributed by atoms with Gasteiger partial charge in [0.2, 0.25) is 0 Å². The molecule has 0 atom stereocenters. The molecule has 0 bridgehead atoms. The maximum Gasteiger partial charge on any atom is 0.0897 e. The third kappa shape index (κ3) is 5.25. The predicted octanol–water partition coefficient (Wildman–Crippen LogP) is 7.64. The maximum absolute atomic E-state index is 11.1. The van der Waals surface area contributed by atoms with Gasteiger partial charge in [-0.1, -0.05) is 80.6 Å². The van der Waals surface area contributed by atoms with E-state index in [1.165, 1.54) is 49.7 Å². The summed E-state index contributed by atoms with van der Waals surface area (Å²) >= 11 is 6.00. The van der Waals surface area contributed by atoms with Gasteiger partial charge in [-0.2, -0.15) is 0 Å². The fourth-order valence-electron chi connectivity index (χ4n) is 5.42. The zero-order valence-corrected chi connectivity index (χ0v) is 18.5. The molecule has 0 saturated heterocycles. The summed E-state index contributed by atoms with van der Waals surface area (Å²) in [6.07, 6.45) is 12.0. The van der Waals surface area contributed by atoms with E-state index in [2.05, 4.69) is 31.2 Å². The lowest BCUT2D eigenvalue weighted by Crippen LogP contribution is -2.30. The molecule has 0 aromatic heterocycles. The van der Waals surface area contributed by atoms with Crippen molar-refractivity contribution in [2.75, 3.05) is 0 Å². The molecule has 0 heterocycles. The van der Waals surface area contributed by atoms with Crippen LogP contribution in [0.2, 0.25) is 5.02 Å². The lowest BCUT2D eigenvalue weighted by Gasteiger charge is -2.36. The van der Waals surface area contributed by atoms with Crippen molar-refractivity contribution in [3.05, 3.63) is 70.2 Å². The molecule has 0 spiro atoms. The molecule has 0 unspecified atom stereocenters. The number of halogens is 1. The molecule has 4 rings (SSSR count). The van der Waals surface area contributed by atoms with Crippen LogP contribution in [0.3, 0.4) is 0 Å². The Morgan fingerprint density at radius 2 is 1.48 bits per heavy atom. The fraction of sp³-hybridized carbons (Fsp3) is 0.556. The number of aryl methyl sites for hydroxylation is 1. The fourth-order valence-corrected chi connectivity index (χ4v) is 5.55. The molecule has 2 saturated carbocycles. The normalized spacial score (nSPS) is 30.2. The number of aliphatic hydroxyl groups is 1. The lowest BCUT2D eigenvalue weighted by molar-refractivity contribution is -0.00566. The molecule has 2 aliphatic carbocycles. The molecule has 2 heteroatoms. The standard InChI is InChI=1S/C27H35ClO/c1-20-2-4-21(5-3-20)6-7-22-8-10-23(11-9-22)24-16-18-27(29,19-17-24)25-12-14-26(28)15-13-25/h8-15,20-21,24,29H,2-7,16-19H2,1H3. The summed E-state index contributed by atoms with van der Waals surface area (Å²) in [6.45, 7) is 2.40. The van der Waals surface area contributed by atoms with E-state index in [1.807, 2.05) is 24.3 Å². The summed E-state index contributed by atoms with van der Waals surface area (Å²) in [5.74, 6) is 2.45. The van der Waals surface area contributed by atoms with Gasteiger partial charge in [-0.05, 0) is 85.1 Å². The van der Waals surface area contributed by atoms with Gasteiger partial charge in [0.25, 0.3) is 0 Å². The maximum atomic E-state index is 11.1. The highest BCUT2D eigenvalue weighted by Crippen LogP contribution is 2.43.